The molecule has 0 unspecified atom stereocenters. The molecule has 0 atom stereocenters. The van der Waals surface area contributed by atoms with Crippen molar-refractivity contribution in [2.75, 3.05) is 0 Å². The second-order valence-corrected chi connectivity index (χ2v) is 3.61. The number of halogens is 4. The molecule has 1 nitrogen and oxygen atoms in total. The van der Waals surface area contributed by atoms with Crippen molar-refractivity contribution < 1.29 is 22.0 Å². The first kappa shape index (κ1) is 11.7. The highest BCUT2D eigenvalue weighted by Gasteiger charge is 2.34. The van der Waals surface area contributed by atoms with Crippen molar-refractivity contribution >= 4 is 0 Å². The first-order valence-electron chi connectivity index (χ1n) is 4.81. The van der Waals surface area contributed by atoms with Crippen molar-refractivity contribution in [1.29, 1.82) is 0 Å². The SMILES string of the molecule is Cc1c(F)cc(-c2ccco2)cc1C(F)(F)F. The molecule has 0 aliphatic heterocycles. The van der Waals surface area contributed by atoms with E-state index in [0.29, 0.717) is 0 Å². The summed E-state index contributed by atoms with van der Waals surface area (Å²) in [6.07, 6.45) is -3.26. The number of hydrogen-bond donors (Lipinski definition) is 0. The molecule has 0 bridgehead atoms. The summed E-state index contributed by atoms with van der Waals surface area (Å²) in [7, 11) is 0. The summed E-state index contributed by atoms with van der Waals surface area (Å²) < 4.78 is 56.3. The maximum absolute atomic E-state index is 13.4. The molecule has 90 valence electrons. The Labute approximate surface area is 94.7 Å². The third-order valence-corrected chi connectivity index (χ3v) is 2.46. The fourth-order valence-corrected chi connectivity index (χ4v) is 1.56. The van der Waals surface area contributed by atoms with Gasteiger partial charge in [0.2, 0.25) is 0 Å². The smallest absolute Gasteiger partial charge is 0.416 e. The summed E-state index contributed by atoms with van der Waals surface area (Å²) in [5.74, 6) is -0.694. The van der Waals surface area contributed by atoms with E-state index < -0.39 is 23.1 Å². The van der Waals surface area contributed by atoms with E-state index in [1.165, 1.54) is 18.4 Å². The van der Waals surface area contributed by atoms with E-state index in [1.54, 1.807) is 0 Å². The van der Waals surface area contributed by atoms with Gasteiger partial charge in [0.15, 0.2) is 0 Å². The third-order valence-electron chi connectivity index (χ3n) is 2.46. The summed E-state index contributed by atoms with van der Waals surface area (Å²) in [6, 6.07) is 4.92. The fourth-order valence-electron chi connectivity index (χ4n) is 1.56. The molecule has 17 heavy (non-hydrogen) atoms. The van der Waals surface area contributed by atoms with Crippen molar-refractivity contribution in [3.63, 3.8) is 0 Å². The second kappa shape index (κ2) is 3.91. The van der Waals surface area contributed by atoms with Crippen LogP contribution in [0.15, 0.2) is 34.9 Å². The van der Waals surface area contributed by atoms with Crippen LogP contribution in [0.3, 0.4) is 0 Å². The van der Waals surface area contributed by atoms with Gasteiger partial charge in [0.25, 0.3) is 0 Å². The molecule has 1 heterocycles. The molecule has 0 aliphatic carbocycles. The molecule has 0 amide bonds. The van der Waals surface area contributed by atoms with Gasteiger partial charge >= 0.3 is 6.18 Å². The van der Waals surface area contributed by atoms with Gasteiger partial charge in [0, 0.05) is 5.56 Å². The maximum Gasteiger partial charge on any atom is 0.416 e. The molecule has 0 radical (unpaired) electrons. The van der Waals surface area contributed by atoms with Gasteiger partial charge in [0.1, 0.15) is 11.6 Å². The standard InChI is InChI=1S/C12H8F4O/c1-7-9(12(14,15)16)5-8(6-10(7)13)11-3-2-4-17-11/h2-6H,1H3. The van der Waals surface area contributed by atoms with Gasteiger partial charge in [-0.15, -0.1) is 0 Å². The van der Waals surface area contributed by atoms with Crippen LogP contribution in [-0.4, -0.2) is 0 Å². The van der Waals surface area contributed by atoms with E-state index in [1.807, 2.05) is 0 Å². The van der Waals surface area contributed by atoms with Crippen LogP contribution >= 0.6 is 0 Å². The zero-order valence-corrected chi connectivity index (χ0v) is 8.81. The Hall–Kier alpha value is -1.78. The lowest BCUT2D eigenvalue weighted by molar-refractivity contribution is -0.138. The molecule has 2 aromatic rings. The molecular formula is C12H8F4O. The first-order valence-corrected chi connectivity index (χ1v) is 4.81. The van der Waals surface area contributed by atoms with Crippen LogP contribution in [0.4, 0.5) is 17.6 Å². The highest BCUT2D eigenvalue weighted by molar-refractivity contribution is 5.60. The van der Waals surface area contributed by atoms with E-state index in [9.17, 15) is 17.6 Å². The van der Waals surface area contributed by atoms with Gasteiger partial charge in [-0.2, -0.15) is 13.2 Å². The van der Waals surface area contributed by atoms with Crippen molar-refractivity contribution in [2.45, 2.75) is 13.1 Å². The minimum absolute atomic E-state index is 0.0745. The second-order valence-electron chi connectivity index (χ2n) is 3.61. The number of hydrogen-bond acceptors (Lipinski definition) is 1. The van der Waals surface area contributed by atoms with Crippen LogP contribution in [0.5, 0.6) is 0 Å². The fraction of sp³-hybridized carbons (Fsp3) is 0.167. The summed E-state index contributed by atoms with van der Waals surface area (Å²) in [6.45, 7) is 1.10. The molecule has 0 saturated carbocycles. The quantitative estimate of drug-likeness (QED) is 0.677. The number of benzene rings is 1. The van der Waals surface area contributed by atoms with Gasteiger partial charge in [-0.05, 0) is 36.8 Å². The molecule has 0 aliphatic rings. The van der Waals surface area contributed by atoms with Gasteiger partial charge in [0.05, 0.1) is 11.8 Å². The molecule has 1 aromatic heterocycles. The van der Waals surface area contributed by atoms with Crippen LogP contribution in [0.2, 0.25) is 0 Å². The monoisotopic (exact) mass is 244 g/mol. The third kappa shape index (κ3) is 2.18. The minimum Gasteiger partial charge on any atom is -0.464 e. The van der Waals surface area contributed by atoms with Crippen LogP contribution < -0.4 is 0 Å². The highest BCUT2D eigenvalue weighted by Crippen LogP contribution is 2.36. The maximum atomic E-state index is 13.4. The molecule has 0 N–H and O–H groups in total. The van der Waals surface area contributed by atoms with E-state index in [0.717, 1.165) is 19.1 Å². The van der Waals surface area contributed by atoms with Gasteiger partial charge in [-0.1, -0.05) is 0 Å². The summed E-state index contributed by atoms with van der Waals surface area (Å²) >= 11 is 0. The molecule has 0 saturated heterocycles. The zero-order valence-electron chi connectivity index (χ0n) is 8.81. The summed E-state index contributed by atoms with van der Waals surface area (Å²) in [5.41, 5.74) is -1.32. The highest BCUT2D eigenvalue weighted by atomic mass is 19.4. The first-order chi connectivity index (χ1) is 7.89. The Morgan fingerprint density at radius 1 is 1.18 bits per heavy atom. The van der Waals surface area contributed by atoms with E-state index in [-0.39, 0.29) is 11.3 Å². The van der Waals surface area contributed by atoms with Gasteiger partial charge in [-0.3, -0.25) is 0 Å². The van der Waals surface area contributed by atoms with Crippen LogP contribution in [-0.2, 0) is 6.18 Å². The van der Waals surface area contributed by atoms with Crippen molar-refractivity contribution in [2.24, 2.45) is 0 Å². The molecule has 1 aromatic carbocycles. The predicted molar refractivity (Wildman–Crippen MR) is 53.8 cm³/mol. The topological polar surface area (TPSA) is 13.1 Å². The molecule has 2 rings (SSSR count). The number of furan rings is 1. The molecule has 5 heteroatoms. The van der Waals surface area contributed by atoms with Crippen molar-refractivity contribution in [3.8, 4) is 11.3 Å². The lowest BCUT2D eigenvalue weighted by atomic mass is 10.0. The summed E-state index contributed by atoms with van der Waals surface area (Å²) in [5, 5.41) is 0. The van der Waals surface area contributed by atoms with Gasteiger partial charge in [-0.25, -0.2) is 4.39 Å². The van der Waals surface area contributed by atoms with Crippen LogP contribution in [0.25, 0.3) is 11.3 Å². The Morgan fingerprint density at radius 3 is 2.41 bits per heavy atom. The molecule has 0 spiro atoms. The van der Waals surface area contributed by atoms with E-state index in [4.69, 9.17) is 4.42 Å². The van der Waals surface area contributed by atoms with Crippen LogP contribution in [0.1, 0.15) is 11.1 Å². The number of rotatable bonds is 1. The van der Waals surface area contributed by atoms with Gasteiger partial charge < -0.3 is 4.42 Å². The van der Waals surface area contributed by atoms with Crippen molar-refractivity contribution in [3.05, 3.63) is 47.5 Å². The Kier molecular flexibility index (Phi) is 2.69. The van der Waals surface area contributed by atoms with Crippen molar-refractivity contribution in [1.82, 2.24) is 0 Å². The van der Waals surface area contributed by atoms with Crippen LogP contribution in [0, 0.1) is 12.7 Å². The Morgan fingerprint density at radius 2 is 1.88 bits per heavy atom. The van der Waals surface area contributed by atoms with E-state index in [2.05, 4.69) is 0 Å². The predicted octanol–water partition coefficient (Wildman–Crippen LogP) is 4.41. The molecule has 0 fully saturated rings. The number of alkyl halides is 3. The minimum atomic E-state index is -4.58. The normalized spacial score (nSPS) is 11.8. The lowest BCUT2D eigenvalue weighted by Crippen LogP contribution is -2.09. The molecular weight excluding hydrogens is 236 g/mol. The zero-order chi connectivity index (χ0) is 12.6. The largest absolute Gasteiger partial charge is 0.464 e. The average molecular weight is 244 g/mol. The average Bonchev–Trinajstić information content (AvgIpc) is 2.73. The Balaban J connectivity index is 2.62. The van der Waals surface area contributed by atoms with E-state index >= 15 is 0 Å². The lowest BCUT2D eigenvalue weighted by Gasteiger charge is -2.12. The summed E-state index contributed by atoms with van der Waals surface area (Å²) in [4.78, 5) is 0. The Bertz CT molecular complexity index is 526.